The van der Waals surface area contributed by atoms with E-state index in [2.05, 4.69) is 32.0 Å². The van der Waals surface area contributed by atoms with Crippen LogP contribution in [0.3, 0.4) is 0 Å². The van der Waals surface area contributed by atoms with Crippen LogP contribution in [0.5, 0.6) is 0 Å². The van der Waals surface area contributed by atoms with Gasteiger partial charge in [0.15, 0.2) is 0 Å². The molecule has 0 amide bonds. The van der Waals surface area contributed by atoms with Gasteiger partial charge in [0.1, 0.15) is 23.4 Å². The highest BCUT2D eigenvalue weighted by Gasteiger charge is 2.10. The third kappa shape index (κ3) is 3.12. The van der Waals surface area contributed by atoms with Crippen LogP contribution in [0.4, 0.5) is 0 Å². The normalized spacial score (nSPS) is 11.6. The molecule has 2 heterocycles. The molecule has 0 aliphatic heterocycles. The van der Waals surface area contributed by atoms with Crippen LogP contribution in [0.25, 0.3) is 34.0 Å². The predicted octanol–water partition coefficient (Wildman–Crippen LogP) is 5.65. The van der Waals surface area contributed by atoms with Crippen molar-refractivity contribution >= 4 is 38.6 Å². The Kier molecular flexibility index (Phi) is 3.96. The molecule has 2 aromatic carbocycles. The van der Waals surface area contributed by atoms with Gasteiger partial charge >= 0.3 is 0 Å². The molecule has 4 rings (SSSR count). The Bertz CT molecular complexity index is 1100. The van der Waals surface area contributed by atoms with E-state index in [0.717, 1.165) is 26.8 Å². The first-order chi connectivity index (χ1) is 12.2. The van der Waals surface area contributed by atoms with Gasteiger partial charge in [-0.2, -0.15) is 5.26 Å². The maximum Gasteiger partial charge on any atom is 0.149 e. The van der Waals surface area contributed by atoms with Crippen LogP contribution in [0, 0.1) is 11.3 Å². The van der Waals surface area contributed by atoms with Gasteiger partial charge in [0.05, 0.1) is 16.6 Å². The first kappa shape index (κ1) is 15.4. The molecule has 0 atom stereocenters. The Labute approximate surface area is 152 Å². The van der Waals surface area contributed by atoms with Gasteiger partial charge in [-0.05, 0) is 36.4 Å². The molecule has 0 fully saturated rings. The lowest BCUT2D eigenvalue weighted by Crippen LogP contribution is -1.84. The van der Waals surface area contributed by atoms with Crippen LogP contribution in [0.15, 0.2) is 69.6 Å². The average molecular weight is 390 g/mol. The van der Waals surface area contributed by atoms with Crippen molar-refractivity contribution in [1.29, 1.82) is 5.26 Å². The summed E-state index contributed by atoms with van der Waals surface area (Å²) in [7, 11) is 0. The molecule has 0 saturated heterocycles. The highest BCUT2D eigenvalue weighted by Crippen LogP contribution is 2.27. The summed E-state index contributed by atoms with van der Waals surface area (Å²) in [6, 6.07) is 21.5. The average Bonchev–Trinajstić information content (AvgIpc) is 3.26. The smallest absolute Gasteiger partial charge is 0.149 e. The Morgan fingerprint density at radius 1 is 1.12 bits per heavy atom. The van der Waals surface area contributed by atoms with Crippen LogP contribution < -0.4 is 0 Å². The number of imidazole rings is 1. The zero-order valence-corrected chi connectivity index (χ0v) is 14.6. The van der Waals surface area contributed by atoms with Gasteiger partial charge in [0.2, 0.25) is 0 Å². The van der Waals surface area contributed by atoms with Crippen molar-refractivity contribution in [2.24, 2.45) is 0 Å². The Morgan fingerprint density at radius 2 is 2.00 bits per heavy atom. The summed E-state index contributed by atoms with van der Waals surface area (Å²) in [5, 5.41) is 9.50. The molecule has 0 radical (unpaired) electrons. The Morgan fingerprint density at radius 3 is 2.80 bits per heavy atom. The number of aromatic amines is 1. The van der Waals surface area contributed by atoms with Gasteiger partial charge in [-0.1, -0.05) is 40.2 Å². The third-order valence-electron chi connectivity index (χ3n) is 3.79. The predicted molar refractivity (Wildman–Crippen MR) is 101 cm³/mol. The number of halogens is 1. The zero-order chi connectivity index (χ0) is 17.2. The number of para-hydroxylation sites is 2. The minimum Gasteiger partial charge on any atom is -0.457 e. The number of allylic oxidation sites excluding steroid dienone is 1. The molecule has 0 spiro atoms. The molecule has 4 nitrogen and oxygen atoms in total. The summed E-state index contributed by atoms with van der Waals surface area (Å²) < 4.78 is 6.85. The minimum absolute atomic E-state index is 0.423. The molecule has 5 heteroatoms. The van der Waals surface area contributed by atoms with Gasteiger partial charge in [0, 0.05) is 16.1 Å². The number of rotatable bonds is 3. The number of hydrogen-bond acceptors (Lipinski definition) is 3. The number of hydrogen-bond donors (Lipinski definition) is 1. The first-order valence-corrected chi connectivity index (χ1v) is 8.45. The van der Waals surface area contributed by atoms with E-state index in [9.17, 15) is 5.26 Å². The number of aromatic nitrogens is 2. The molecule has 0 bridgehead atoms. The number of furan rings is 1. The molecule has 0 unspecified atom stereocenters. The molecule has 120 valence electrons. The van der Waals surface area contributed by atoms with Crippen LogP contribution in [-0.4, -0.2) is 9.97 Å². The highest BCUT2D eigenvalue weighted by molar-refractivity contribution is 9.10. The van der Waals surface area contributed by atoms with Crippen molar-refractivity contribution in [3.05, 3.63) is 76.7 Å². The van der Waals surface area contributed by atoms with Gasteiger partial charge in [0.25, 0.3) is 0 Å². The van der Waals surface area contributed by atoms with Crippen molar-refractivity contribution in [1.82, 2.24) is 9.97 Å². The topological polar surface area (TPSA) is 65.6 Å². The number of benzene rings is 2. The first-order valence-electron chi connectivity index (χ1n) is 7.65. The molecule has 0 aliphatic rings. The second kappa shape index (κ2) is 6.42. The van der Waals surface area contributed by atoms with Crippen LogP contribution in [0.1, 0.15) is 11.6 Å². The summed E-state index contributed by atoms with van der Waals surface area (Å²) >= 11 is 3.46. The van der Waals surface area contributed by atoms with Crippen molar-refractivity contribution in [2.75, 3.05) is 0 Å². The molecule has 0 aliphatic carbocycles. The Hall–Kier alpha value is -3.10. The zero-order valence-electron chi connectivity index (χ0n) is 13.0. The molecular weight excluding hydrogens is 378 g/mol. The molecule has 4 aromatic rings. The lowest BCUT2D eigenvalue weighted by molar-refractivity contribution is 0.572. The molecule has 0 saturated carbocycles. The molecular formula is C20H12BrN3O. The van der Waals surface area contributed by atoms with Crippen molar-refractivity contribution in [3.63, 3.8) is 0 Å². The highest BCUT2D eigenvalue weighted by atomic mass is 79.9. The fraction of sp³-hybridized carbons (Fsp3) is 0. The van der Waals surface area contributed by atoms with Crippen LogP contribution in [0.2, 0.25) is 0 Å². The fourth-order valence-electron chi connectivity index (χ4n) is 2.60. The van der Waals surface area contributed by atoms with Crippen molar-refractivity contribution < 1.29 is 4.42 Å². The summed E-state index contributed by atoms with van der Waals surface area (Å²) in [5.41, 5.74) is 3.11. The maximum absolute atomic E-state index is 9.50. The van der Waals surface area contributed by atoms with Crippen molar-refractivity contribution in [3.8, 4) is 17.4 Å². The number of H-pyrrole nitrogens is 1. The third-order valence-corrected chi connectivity index (χ3v) is 4.28. The largest absolute Gasteiger partial charge is 0.457 e. The fourth-order valence-corrected chi connectivity index (χ4v) is 3.00. The lowest BCUT2D eigenvalue weighted by atomic mass is 10.2. The summed E-state index contributed by atoms with van der Waals surface area (Å²) in [4.78, 5) is 7.63. The van der Waals surface area contributed by atoms with Gasteiger partial charge in [-0.3, -0.25) is 0 Å². The maximum atomic E-state index is 9.50. The van der Waals surface area contributed by atoms with E-state index >= 15 is 0 Å². The Balaban J connectivity index is 1.70. The van der Waals surface area contributed by atoms with Crippen molar-refractivity contribution in [2.45, 2.75) is 0 Å². The SMILES string of the molecule is N#CC(=Cc1ccc(-c2cccc(Br)c2)o1)c1nc2ccccc2[nH]1. The second-order valence-electron chi connectivity index (χ2n) is 5.48. The van der Waals surface area contributed by atoms with Crippen LogP contribution >= 0.6 is 15.9 Å². The van der Waals surface area contributed by atoms with E-state index in [-0.39, 0.29) is 0 Å². The van der Waals surface area contributed by atoms with Gasteiger partial charge < -0.3 is 9.40 Å². The quantitative estimate of drug-likeness (QED) is 0.460. The minimum atomic E-state index is 0.423. The van der Waals surface area contributed by atoms with E-state index in [1.54, 1.807) is 6.08 Å². The van der Waals surface area contributed by atoms with E-state index in [0.29, 0.717) is 17.2 Å². The molecule has 2 aromatic heterocycles. The van der Waals surface area contributed by atoms with E-state index < -0.39 is 0 Å². The molecule has 25 heavy (non-hydrogen) atoms. The van der Waals surface area contributed by atoms with Crippen LogP contribution in [-0.2, 0) is 0 Å². The molecule has 1 N–H and O–H groups in total. The number of nitrogens with one attached hydrogen (secondary N) is 1. The lowest BCUT2D eigenvalue weighted by Gasteiger charge is -1.97. The van der Waals surface area contributed by atoms with Gasteiger partial charge in [-0.15, -0.1) is 0 Å². The summed E-state index contributed by atoms with van der Waals surface area (Å²) in [6.45, 7) is 0. The number of fused-ring (bicyclic) bond motifs is 1. The van der Waals surface area contributed by atoms with E-state index in [1.165, 1.54) is 0 Å². The standard InChI is InChI=1S/C20H12BrN3O/c21-15-5-3-4-13(10-15)19-9-8-16(25-19)11-14(12-22)20-23-17-6-1-2-7-18(17)24-20/h1-11H,(H,23,24). The summed E-state index contributed by atoms with van der Waals surface area (Å²) in [6.07, 6.45) is 1.69. The van der Waals surface area contributed by atoms with E-state index in [1.807, 2.05) is 60.7 Å². The number of nitrogens with zero attached hydrogens (tertiary/aromatic N) is 2. The van der Waals surface area contributed by atoms with Gasteiger partial charge in [-0.25, -0.2) is 4.98 Å². The van der Waals surface area contributed by atoms with E-state index in [4.69, 9.17) is 4.42 Å². The number of nitriles is 1. The second-order valence-corrected chi connectivity index (χ2v) is 6.40. The summed E-state index contributed by atoms with van der Waals surface area (Å²) in [5.74, 6) is 1.88. The monoisotopic (exact) mass is 389 g/mol.